The zero-order valence-electron chi connectivity index (χ0n) is 9.76. The fourth-order valence-corrected chi connectivity index (χ4v) is 2.48. The molecule has 2 nitrogen and oxygen atoms in total. The summed E-state index contributed by atoms with van der Waals surface area (Å²) < 4.78 is 0. The molecule has 1 aliphatic rings. The molecule has 3 rings (SSSR count). The van der Waals surface area contributed by atoms with Crippen molar-refractivity contribution in [3.05, 3.63) is 65.0 Å². The highest BCUT2D eigenvalue weighted by atomic mass is 14.7. The summed E-state index contributed by atoms with van der Waals surface area (Å²) >= 11 is 0. The van der Waals surface area contributed by atoms with Gasteiger partial charge in [-0.05, 0) is 29.5 Å². The van der Waals surface area contributed by atoms with Gasteiger partial charge in [0.25, 0.3) is 0 Å². The molecule has 86 valence electrons. The van der Waals surface area contributed by atoms with Crippen LogP contribution in [-0.2, 0) is 19.3 Å². The van der Waals surface area contributed by atoms with Gasteiger partial charge in [0.05, 0.1) is 0 Å². The Balaban J connectivity index is 1.84. The zero-order chi connectivity index (χ0) is 11.7. The van der Waals surface area contributed by atoms with Gasteiger partial charge >= 0.3 is 0 Å². The molecule has 0 fully saturated rings. The minimum Gasteiger partial charge on any atom is -0.327 e. The van der Waals surface area contributed by atoms with Crippen LogP contribution in [0.2, 0.25) is 0 Å². The summed E-state index contributed by atoms with van der Waals surface area (Å²) in [5.74, 6) is 0. The number of benzene rings is 1. The average molecular weight is 224 g/mol. The van der Waals surface area contributed by atoms with Gasteiger partial charge in [-0.25, -0.2) is 0 Å². The van der Waals surface area contributed by atoms with E-state index in [0.29, 0.717) is 0 Å². The van der Waals surface area contributed by atoms with E-state index >= 15 is 0 Å². The van der Waals surface area contributed by atoms with Crippen molar-refractivity contribution in [2.24, 2.45) is 5.73 Å². The van der Waals surface area contributed by atoms with E-state index in [1.807, 2.05) is 12.3 Å². The van der Waals surface area contributed by atoms with Crippen LogP contribution in [0.4, 0.5) is 0 Å². The number of nitrogens with zero attached hydrogens (tertiary/aromatic N) is 1. The molecule has 0 radical (unpaired) electrons. The maximum atomic E-state index is 5.95. The Morgan fingerprint density at radius 2 is 1.94 bits per heavy atom. The van der Waals surface area contributed by atoms with Crippen LogP contribution in [0.1, 0.15) is 22.4 Å². The van der Waals surface area contributed by atoms with E-state index in [1.54, 1.807) is 0 Å². The van der Waals surface area contributed by atoms with Crippen LogP contribution >= 0.6 is 0 Å². The predicted octanol–water partition coefficient (Wildman–Crippen LogP) is 2.10. The topological polar surface area (TPSA) is 38.9 Å². The van der Waals surface area contributed by atoms with Gasteiger partial charge in [0.1, 0.15) is 0 Å². The molecule has 1 aromatic heterocycles. The average Bonchev–Trinajstić information content (AvgIpc) is 2.70. The molecule has 1 aromatic carbocycles. The van der Waals surface area contributed by atoms with Crippen molar-refractivity contribution in [3.63, 3.8) is 0 Å². The standard InChI is InChI=1S/C15H16N2/c16-14-8-13-7-12(10-17-15(13)9-14)6-11-4-2-1-3-5-11/h1-5,7,10,14H,6,8-9,16H2. The number of rotatable bonds is 2. The Morgan fingerprint density at radius 3 is 2.76 bits per heavy atom. The van der Waals surface area contributed by atoms with Crippen molar-refractivity contribution in [1.29, 1.82) is 0 Å². The molecule has 0 aliphatic heterocycles. The monoisotopic (exact) mass is 224 g/mol. The highest BCUT2D eigenvalue weighted by molar-refractivity contribution is 5.33. The highest BCUT2D eigenvalue weighted by Gasteiger charge is 2.19. The summed E-state index contributed by atoms with van der Waals surface area (Å²) in [5.41, 5.74) is 11.1. The van der Waals surface area contributed by atoms with Gasteiger partial charge in [0, 0.05) is 24.4 Å². The first kappa shape index (κ1) is 10.5. The largest absolute Gasteiger partial charge is 0.327 e. The van der Waals surface area contributed by atoms with E-state index in [-0.39, 0.29) is 6.04 Å². The van der Waals surface area contributed by atoms with Crippen molar-refractivity contribution in [2.75, 3.05) is 0 Å². The lowest BCUT2D eigenvalue weighted by molar-refractivity contribution is 0.716. The van der Waals surface area contributed by atoms with Gasteiger partial charge in [0.15, 0.2) is 0 Å². The van der Waals surface area contributed by atoms with Gasteiger partial charge in [-0.2, -0.15) is 0 Å². The van der Waals surface area contributed by atoms with E-state index in [9.17, 15) is 0 Å². The van der Waals surface area contributed by atoms with Crippen molar-refractivity contribution in [3.8, 4) is 0 Å². The second-order valence-corrected chi connectivity index (χ2v) is 4.78. The van der Waals surface area contributed by atoms with E-state index in [4.69, 9.17) is 5.73 Å². The Morgan fingerprint density at radius 1 is 1.12 bits per heavy atom. The van der Waals surface area contributed by atoms with Crippen molar-refractivity contribution in [1.82, 2.24) is 4.98 Å². The van der Waals surface area contributed by atoms with Gasteiger partial charge in [-0.15, -0.1) is 0 Å². The molecule has 0 saturated carbocycles. The van der Waals surface area contributed by atoms with Crippen LogP contribution in [0.25, 0.3) is 0 Å². The molecule has 0 spiro atoms. The smallest absolute Gasteiger partial charge is 0.0451 e. The first-order valence-electron chi connectivity index (χ1n) is 6.07. The second-order valence-electron chi connectivity index (χ2n) is 4.78. The maximum absolute atomic E-state index is 5.95. The highest BCUT2D eigenvalue weighted by Crippen LogP contribution is 2.21. The van der Waals surface area contributed by atoms with Crippen LogP contribution in [0.15, 0.2) is 42.6 Å². The zero-order valence-corrected chi connectivity index (χ0v) is 9.76. The lowest BCUT2D eigenvalue weighted by Gasteiger charge is -2.04. The summed E-state index contributed by atoms with van der Waals surface area (Å²) in [6, 6.07) is 13.0. The summed E-state index contributed by atoms with van der Waals surface area (Å²) in [5, 5.41) is 0. The molecule has 1 aliphatic carbocycles. The molecular weight excluding hydrogens is 208 g/mol. The van der Waals surface area contributed by atoms with Crippen LogP contribution in [-0.4, -0.2) is 11.0 Å². The number of hydrogen-bond donors (Lipinski definition) is 1. The molecule has 17 heavy (non-hydrogen) atoms. The van der Waals surface area contributed by atoms with E-state index in [2.05, 4.69) is 35.3 Å². The summed E-state index contributed by atoms with van der Waals surface area (Å²) in [4.78, 5) is 4.53. The minimum absolute atomic E-state index is 0.268. The van der Waals surface area contributed by atoms with Crippen molar-refractivity contribution in [2.45, 2.75) is 25.3 Å². The minimum atomic E-state index is 0.268. The molecule has 1 atom stereocenters. The molecule has 1 heterocycles. The van der Waals surface area contributed by atoms with Gasteiger partial charge < -0.3 is 5.73 Å². The number of aromatic nitrogens is 1. The Hall–Kier alpha value is -1.67. The molecule has 0 bridgehead atoms. The Kier molecular flexibility index (Phi) is 2.65. The van der Waals surface area contributed by atoms with Gasteiger partial charge in [0.2, 0.25) is 0 Å². The second kappa shape index (κ2) is 4.30. The molecule has 2 aromatic rings. The molecule has 2 heteroatoms. The third-order valence-corrected chi connectivity index (χ3v) is 3.31. The van der Waals surface area contributed by atoms with Crippen LogP contribution < -0.4 is 5.73 Å². The summed E-state index contributed by atoms with van der Waals surface area (Å²) in [6.07, 6.45) is 4.85. The van der Waals surface area contributed by atoms with Crippen molar-refractivity contribution < 1.29 is 0 Å². The lowest BCUT2D eigenvalue weighted by Crippen LogP contribution is -2.19. The molecule has 0 amide bonds. The third-order valence-electron chi connectivity index (χ3n) is 3.31. The summed E-state index contributed by atoms with van der Waals surface area (Å²) in [6.45, 7) is 0. The van der Waals surface area contributed by atoms with Crippen molar-refractivity contribution >= 4 is 0 Å². The normalized spacial score (nSPS) is 18.1. The number of nitrogens with two attached hydrogens (primary N) is 1. The lowest BCUT2D eigenvalue weighted by atomic mass is 10.0. The summed E-state index contributed by atoms with van der Waals surface area (Å²) in [7, 11) is 0. The fraction of sp³-hybridized carbons (Fsp3) is 0.267. The van der Waals surface area contributed by atoms with Crippen LogP contribution in [0.3, 0.4) is 0 Å². The van der Waals surface area contributed by atoms with E-state index in [0.717, 1.165) is 19.3 Å². The third kappa shape index (κ3) is 2.22. The first-order valence-corrected chi connectivity index (χ1v) is 6.07. The molecule has 2 N–H and O–H groups in total. The molecular formula is C15H16N2. The Labute approximate surface area is 102 Å². The molecule has 0 saturated heterocycles. The SMILES string of the molecule is NC1Cc2cc(Cc3ccccc3)cnc2C1. The number of fused-ring (bicyclic) bond motifs is 1. The maximum Gasteiger partial charge on any atom is 0.0451 e. The van der Waals surface area contributed by atoms with Crippen LogP contribution in [0.5, 0.6) is 0 Å². The number of pyridine rings is 1. The van der Waals surface area contributed by atoms with E-state index in [1.165, 1.54) is 22.4 Å². The van der Waals surface area contributed by atoms with Gasteiger partial charge in [-0.1, -0.05) is 36.4 Å². The molecule has 1 unspecified atom stereocenters. The predicted molar refractivity (Wildman–Crippen MR) is 68.9 cm³/mol. The quantitative estimate of drug-likeness (QED) is 0.848. The van der Waals surface area contributed by atoms with E-state index < -0.39 is 0 Å². The Bertz CT molecular complexity index is 520. The van der Waals surface area contributed by atoms with Crippen LogP contribution in [0, 0.1) is 0 Å². The first-order chi connectivity index (χ1) is 8.31. The van der Waals surface area contributed by atoms with Gasteiger partial charge in [-0.3, -0.25) is 4.98 Å². The fourth-order valence-electron chi connectivity index (χ4n) is 2.48. The number of hydrogen-bond acceptors (Lipinski definition) is 2.